The zero-order chi connectivity index (χ0) is 13.6. The van der Waals surface area contributed by atoms with E-state index in [1.807, 2.05) is 0 Å². The third kappa shape index (κ3) is 2.46. The van der Waals surface area contributed by atoms with Gasteiger partial charge in [-0.25, -0.2) is 0 Å². The average Bonchev–Trinajstić information content (AvgIpc) is 2.60. The van der Waals surface area contributed by atoms with Crippen LogP contribution in [0.3, 0.4) is 0 Å². The Morgan fingerprint density at radius 1 is 1.17 bits per heavy atom. The van der Waals surface area contributed by atoms with Gasteiger partial charge in [-0.05, 0) is 42.1 Å². The quantitative estimate of drug-likeness (QED) is 0.806. The average molecular weight is 252 g/mol. The Morgan fingerprint density at radius 2 is 1.78 bits per heavy atom. The van der Waals surface area contributed by atoms with Gasteiger partial charge < -0.3 is 11.1 Å². The highest BCUT2D eigenvalue weighted by Gasteiger charge is 2.63. The zero-order valence-electron chi connectivity index (χ0n) is 13.0. The summed E-state index contributed by atoms with van der Waals surface area (Å²) in [5.41, 5.74) is 7.56. The SMILES string of the molecule is CC1CCCC(N)(CNCC2C(C)(C)C2(C)C)C1. The van der Waals surface area contributed by atoms with Gasteiger partial charge in [0.25, 0.3) is 0 Å². The van der Waals surface area contributed by atoms with Crippen LogP contribution in [0.2, 0.25) is 0 Å². The van der Waals surface area contributed by atoms with Gasteiger partial charge in [-0.1, -0.05) is 47.5 Å². The molecule has 0 amide bonds. The third-order valence-electron chi connectivity index (χ3n) is 6.27. The van der Waals surface area contributed by atoms with Crippen molar-refractivity contribution in [2.24, 2.45) is 28.4 Å². The Morgan fingerprint density at radius 3 is 2.28 bits per heavy atom. The van der Waals surface area contributed by atoms with Crippen LogP contribution in [-0.4, -0.2) is 18.6 Å². The largest absolute Gasteiger partial charge is 0.324 e. The lowest BCUT2D eigenvalue weighted by atomic mass is 9.77. The normalized spacial score (nSPS) is 38.7. The summed E-state index contributed by atoms with van der Waals surface area (Å²) in [5, 5.41) is 3.66. The van der Waals surface area contributed by atoms with Crippen LogP contribution in [0.25, 0.3) is 0 Å². The molecular weight excluding hydrogens is 220 g/mol. The molecule has 0 aromatic heterocycles. The lowest BCUT2D eigenvalue weighted by Crippen LogP contribution is -2.52. The molecule has 0 heterocycles. The van der Waals surface area contributed by atoms with Gasteiger partial charge in [0.1, 0.15) is 0 Å². The smallest absolute Gasteiger partial charge is 0.0283 e. The van der Waals surface area contributed by atoms with Gasteiger partial charge >= 0.3 is 0 Å². The second-order valence-electron chi connectivity index (χ2n) is 8.19. The van der Waals surface area contributed by atoms with Crippen LogP contribution in [0.5, 0.6) is 0 Å². The minimum Gasteiger partial charge on any atom is -0.324 e. The Hall–Kier alpha value is -0.0800. The van der Waals surface area contributed by atoms with Gasteiger partial charge in [-0.2, -0.15) is 0 Å². The van der Waals surface area contributed by atoms with E-state index in [4.69, 9.17) is 5.73 Å². The fourth-order valence-corrected chi connectivity index (χ4v) is 4.17. The standard InChI is InChI=1S/C16H32N2/c1-12-7-6-8-16(17,9-12)11-18-10-13-14(2,3)15(13,4)5/h12-13,18H,6-11,17H2,1-5H3. The van der Waals surface area contributed by atoms with Crippen LogP contribution in [0.15, 0.2) is 0 Å². The van der Waals surface area contributed by atoms with Crippen LogP contribution in [0, 0.1) is 22.7 Å². The van der Waals surface area contributed by atoms with Crippen LogP contribution >= 0.6 is 0 Å². The van der Waals surface area contributed by atoms with Crippen molar-refractivity contribution in [1.29, 1.82) is 0 Å². The fraction of sp³-hybridized carbons (Fsp3) is 1.00. The Bertz CT molecular complexity index is 294. The number of hydrogen-bond acceptors (Lipinski definition) is 2. The van der Waals surface area contributed by atoms with Gasteiger partial charge in [-0.3, -0.25) is 0 Å². The van der Waals surface area contributed by atoms with E-state index in [-0.39, 0.29) is 5.54 Å². The molecule has 0 aromatic rings. The fourth-order valence-electron chi connectivity index (χ4n) is 4.17. The number of nitrogens with two attached hydrogens (primary N) is 1. The zero-order valence-corrected chi connectivity index (χ0v) is 13.0. The number of nitrogens with one attached hydrogen (secondary N) is 1. The molecule has 0 saturated heterocycles. The highest BCUT2D eigenvalue weighted by atomic mass is 15.0. The Kier molecular flexibility index (Phi) is 3.57. The van der Waals surface area contributed by atoms with Crippen LogP contribution in [-0.2, 0) is 0 Å². The number of rotatable bonds is 4. The van der Waals surface area contributed by atoms with Crippen molar-refractivity contribution in [3.8, 4) is 0 Å². The van der Waals surface area contributed by atoms with Crippen molar-refractivity contribution >= 4 is 0 Å². The summed E-state index contributed by atoms with van der Waals surface area (Å²) in [6, 6.07) is 0. The molecule has 18 heavy (non-hydrogen) atoms. The first-order valence-corrected chi connectivity index (χ1v) is 7.69. The molecule has 2 aliphatic carbocycles. The van der Waals surface area contributed by atoms with E-state index < -0.39 is 0 Å². The van der Waals surface area contributed by atoms with Crippen molar-refractivity contribution in [2.75, 3.05) is 13.1 Å². The molecule has 2 unspecified atom stereocenters. The summed E-state index contributed by atoms with van der Waals surface area (Å²) >= 11 is 0. The molecule has 2 fully saturated rings. The molecule has 2 heteroatoms. The first kappa shape index (κ1) is 14.3. The molecule has 0 aromatic carbocycles. The van der Waals surface area contributed by atoms with Gasteiger partial charge in [-0.15, -0.1) is 0 Å². The van der Waals surface area contributed by atoms with E-state index in [2.05, 4.69) is 39.9 Å². The molecule has 2 atom stereocenters. The highest BCUT2D eigenvalue weighted by molar-refractivity contribution is 5.13. The summed E-state index contributed by atoms with van der Waals surface area (Å²) in [7, 11) is 0. The molecule has 0 aliphatic heterocycles. The first-order chi connectivity index (χ1) is 8.19. The Labute approximate surface area is 113 Å². The summed E-state index contributed by atoms with van der Waals surface area (Å²) in [6.07, 6.45) is 5.06. The molecule has 2 rings (SSSR count). The predicted octanol–water partition coefficient (Wildman–Crippen LogP) is 3.17. The second-order valence-corrected chi connectivity index (χ2v) is 8.19. The lowest BCUT2D eigenvalue weighted by molar-refractivity contribution is 0.228. The van der Waals surface area contributed by atoms with Crippen molar-refractivity contribution in [1.82, 2.24) is 5.32 Å². The predicted molar refractivity (Wildman–Crippen MR) is 78.5 cm³/mol. The number of hydrogen-bond donors (Lipinski definition) is 2. The highest BCUT2D eigenvalue weighted by Crippen LogP contribution is 2.67. The monoisotopic (exact) mass is 252 g/mol. The van der Waals surface area contributed by atoms with E-state index in [9.17, 15) is 0 Å². The van der Waals surface area contributed by atoms with Crippen molar-refractivity contribution < 1.29 is 0 Å². The molecule has 0 spiro atoms. The maximum absolute atomic E-state index is 6.53. The Balaban J connectivity index is 1.76. The van der Waals surface area contributed by atoms with Crippen molar-refractivity contribution in [2.45, 2.75) is 65.8 Å². The molecule has 0 radical (unpaired) electrons. The van der Waals surface area contributed by atoms with Gasteiger partial charge in [0.2, 0.25) is 0 Å². The summed E-state index contributed by atoms with van der Waals surface area (Å²) in [6.45, 7) is 14.0. The molecular formula is C16H32N2. The summed E-state index contributed by atoms with van der Waals surface area (Å²) in [4.78, 5) is 0. The van der Waals surface area contributed by atoms with Crippen molar-refractivity contribution in [3.63, 3.8) is 0 Å². The second kappa shape index (κ2) is 4.49. The molecule has 106 valence electrons. The van der Waals surface area contributed by atoms with Crippen LogP contribution < -0.4 is 11.1 Å². The molecule has 3 N–H and O–H groups in total. The lowest BCUT2D eigenvalue weighted by Gasteiger charge is -2.37. The van der Waals surface area contributed by atoms with E-state index in [0.29, 0.717) is 10.8 Å². The first-order valence-electron chi connectivity index (χ1n) is 7.69. The molecule has 2 aliphatic rings. The summed E-state index contributed by atoms with van der Waals surface area (Å²) in [5.74, 6) is 1.61. The van der Waals surface area contributed by atoms with Crippen molar-refractivity contribution in [3.05, 3.63) is 0 Å². The minimum absolute atomic E-state index is 0.0564. The van der Waals surface area contributed by atoms with Gasteiger partial charge in [0, 0.05) is 12.1 Å². The third-order valence-corrected chi connectivity index (χ3v) is 6.27. The van der Waals surface area contributed by atoms with E-state index in [1.165, 1.54) is 25.7 Å². The maximum atomic E-state index is 6.53. The van der Waals surface area contributed by atoms with Gasteiger partial charge in [0.15, 0.2) is 0 Å². The van der Waals surface area contributed by atoms with Crippen LogP contribution in [0.4, 0.5) is 0 Å². The molecule has 2 saturated carbocycles. The van der Waals surface area contributed by atoms with E-state index in [1.54, 1.807) is 0 Å². The minimum atomic E-state index is 0.0564. The molecule has 2 nitrogen and oxygen atoms in total. The van der Waals surface area contributed by atoms with Crippen LogP contribution in [0.1, 0.15) is 60.3 Å². The van der Waals surface area contributed by atoms with E-state index in [0.717, 1.165) is 24.9 Å². The molecule has 0 bridgehead atoms. The maximum Gasteiger partial charge on any atom is 0.0283 e. The van der Waals surface area contributed by atoms with Gasteiger partial charge in [0.05, 0.1) is 0 Å². The summed E-state index contributed by atoms with van der Waals surface area (Å²) < 4.78 is 0. The topological polar surface area (TPSA) is 38.0 Å². The van der Waals surface area contributed by atoms with E-state index >= 15 is 0 Å².